The molecule has 4 rings (SSSR count). The first-order chi connectivity index (χ1) is 13.9. The van der Waals surface area contributed by atoms with Crippen LogP contribution in [0.15, 0.2) is 63.9 Å². The summed E-state index contributed by atoms with van der Waals surface area (Å²) in [7, 11) is 0. The molecular weight excluding hydrogens is 429 g/mol. The van der Waals surface area contributed by atoms with Gasteiger partial charge in [0.05, 0.1) is 11.4 Å². The highest BCUT2D eigenvalue weighted by atomic mass is 35.5. The summed E-state index contributed by atoms with van der Waals surface area (Å²) in [6, 6.07) is 16.3. The summed E-state index contributed by atoms with van der Waals surface area (Å²) in [5.41, 5.74) is 2.70. The second kappa shape index (κ2) is 8.11. The average molecular weight is 444 g/mol. The fraction of sp³-hybridized carbons (Fsp3) is 0.0909. The van der Waals surface area contributed by atoms with E-state index in [1.165, 1.54) is 4.90 Å². The van der Waals surface area contributed by atoms with Gasteiger partial charge in [0.2, 0.25) is 0 Å². The van der Waals surface area contributed by atoms with Crippen molar-refractivity contribution in [3.05, 3.63) is 86.4 Å². The summed E-state index contributed by atoms with van der Waals surface area (Å²) >= 11 is 13.0. The highest BCUT2D eigenvalue weighted by Gasteiger charge is 2.35. The lowest BCUT2D eigenvalue weighted by molar-refractivity contribution is -0.123. The maximum Gasteiger partial charge on any atom is 0.293 e. The highest BCUT2D eigenvalue weighted by Crippen LogP contribution is 2.35. The predicted octanol–water partition coefficient (Wildman–Crippen LogP) is 6.80. The third-order valence-corrected chi connectivity index (χ3v) is 5.85. The van der Waals surface area contributed by atoms with Crippen molar-refractivity contribution >= 4 is 52.2 Å². The number of aryl methyl sites for hydroxylation is 1. The van der Waals surface area contributed by atoms with E-state index in [-0.39, 0.29) is 17.7 Å². The number of rotatable bonds is 4. The van der Waals surface area contributed by atoms with Crippen LogP contribution in [-0.4, -0.2) is 16.0 Å². The van der Waals surface area contributed by atoms with Crippen molar-refractivity contribution in [3.8, 4) is 11.3 Å². The van der Waals surface area contributed by atoms with E-state index in [0.717, 1.165) is 28.5 Å². The third kappa shape index (κ3) is 4.27. The molecular formula is C22H15Cl2NO3S. The number of benzene rings is 2. The average Bonchev–Trinajstić information content (AvgIpc) is 3.23. The Labute approximate surface area is 182 Å². The van der Waals surface area contributed by atoms with Crippen molar-refractivity contribution < 1.29 is 14.0 Å². The van der Waals surface area contributed by atoms with E-state index in [0.29, 0.717) is 26.5 Å². The molecule has 1 aliphatic rings. The van der Waals surface area contributed by atoms with Gasteiger partial charge in [-0.1, -0.05) is 47.5 Å². The molecule has 2 heterocycles. The molecule has 29 heavy (non-hydrogen) atoms. The van der Waals surface area contributed by atoms with Crippen LogP contribution in [0.3, 0.4) is 0 Å². The number of thioether (sulfide) groups is 1. The van der Waals surface area contributed by atoms with E-state index in [2.05, 4.69) is 0 Å². The van der Waals surface area contributed by atoms with Gasteiger partial charge >= 0.3 is 0 Å². The number of hydrogen-bond acceptors (Lipinski definition) is 4. The number of imide groups is 1. The first-order valence-electron chi connectivity index (χ1n) is 8.77. The molecule has 0 N–H and O–H groups in total. The molecule has 2 aromatic carbocycles. The van der Waals surface area contributed by atoms with Gasteiger partial charge in [-0.25, -0.2) is 0 Å². The molecule has 0 radical (unpaired) electrons. The lowest BCUT2D eigenvalue weighted by atomic mass is 10.1. The molecule has 0 saturated carbocycles. The fourth-order valence-corrected chi connectivity index (χ4v) is 4.35. The minimum absolute atomic E-state index is 0.249. The molecule has 0 aliphatic carbocycles. The van der Waals surface area contributed by atoms with E-state index in [9.17, 15) is 9.59 Å². The molecule has 0 unspecified atom stereocenters. The summed E-state index contributed by atoms with van der Waals surface area (Å²) in [6.45, 7) is 2.20. The standard InChI is InChI=1S/C22H15Cl2NO3S/c1-13-4-2-3-5-14(13)12-25-21(26)20(29-22(25)27)11-18-6-7-19(28-18)15-8-16(23)10-17(24)9-15/h2-11H,12H2,1H3/b20-11-. The van der Waals surface area contributed by atoms with E-state index in [4.69, 9.17) is 27.6 Å². The number of furan rings is 1. The molecule has 146 valence electrons. The normalized spacial score (nSPS) is 15.6. The smallest absolute Gasteiger partial charge is 0.293 e. The monoisotopic (exact) mass is 443 g/mol. The van der Waals surface area contributed by atoms with Crippen molar-refractivity contribution in [1.82, 2.24) is 4.90 Å². The molecule has 1 fully saturated rings. The van der Waals surface area contributed by atoms with Crippen molar-refractivity contribution in [3.63, 3.8) is 0 Å². The lowest BCUT2D eigenvalue weighted by Gasteiger charge is -2.14. The largest absolute Gasteiger partial charge is 0.457 e. The van der Waals surface area contributed by atoms with Gasteiger partial charge in [-0.3, -0.25) is 14.5 Å². The number of nitrogens with zero attached hydrogens (tertiary/aromatic N) is 1. The second-order valence-electron chi connectivity index (χ2n) is 6.55. The van der Waals surface area contributed by atoms with Crippen molar-refractivity contribution in [2.24, 2.45) is 0 Å². The quantitative estimate of drug-likeness (QED) is 0.416. The van der Waals surface area contributed by atoms with E-state index in [1.54, 1.807) is 36.4 Å². The summed E-state index contributed by atoms with van der Waals surface area (Å²) in [5, 5.41) is 0.712. The van der Waals surface area contributed by atoms with Crippen molar-refractivity contribution in [2.45, 2.75) is 13.5 Å². The number of halogens is 2. The maximum absolute atomic E-state index is 12.7. The van der Waals surface area contributed by atoms with Crippen LogP contribution in [0.4, 0.5) is 4.79 Å². The molecule has 0 spiro atoms. The van der Waals surface area contributed by atoms with Gasteiger partial charge in [-0.2, -0.15) is 0 Å². The molecule has 4 nitrogen and oxygen atoms in total. The molecule has 3 aromatic rings. The van der Waals surface area contributed by atoms with E-state index >= 15 is 0 Å². The number of hydrogen-bond donors (Lipinski definition) is 0. The minimum Gasteiger partial charge on any atom is -0.457 e. The van der Waals surface area contributed by atoms with E-state index in [1.807, 2.05) is 31.2 Å². The minimum atomic E-state index is -0.327. The summed E-state index contributed by atoms with van der Waals surface area (Å²) in [5.74, 6) is 0.712. The molecule has 1 aromatic heterocycles. The van der Waals surface area contributed by atoms with Crippen LogP contribution in [0.1, 0.15) is 16.9 Å². The number of carbonyl (C=O) groups excluding carboxylic acids is 2. The first kappa shape index (κ1) is 19.8. The Morgan fingerprint density at radius 2 is 1.76 bits per heavy atom. The zero-order valence-corrected chi connectivity index (χ0v) is 17.6. The second-order valence-corrected chi connectivity index (χ2v) is 8.42. The first-order valence-corrected chi connectivity index (χ1v) is 10.3. The third-order valence-electron chi connectivity index (χ3n) is 4.51. The Morgan fingerprint density at radius 1 is 1.03 bits per heavy atom. The van der Waals surface area contributed by atoms with Gasteiger partial charge < -0.3 is 4.42 Å². The molecule has 0 atom stereocenters. The van der Waals surface area contributed by atoms with Gasteiger partial charge in [0.25, 0.3) is 11.1 Å². The number of amides is 2. The van der Waals surface area contributed by atoms with Crippen LogP contribution >= 0.6 is 35.0 Å². The van der Waals surface area contributed by atoms with Gasteiger partial charge in [0.1, 0.15) is 11.5 Å². The van der Waals surface area contributed by atoms with Crippen LogP contribution < -0.4 is 0 Å². The van der Waals surface area contributed by atoms with Gasteiger partial charge in [0.15, 0.2) is 0 Å². The van der Waals surface area contributed by atoms with Crippen LogP contribution in [0.5, 0.6) is 0 Å². The zero-order chi connectivity index (χ0) is 20.5. The van der Waals surface area contributed by atoms with Gasteiger partial charge in [-0.05, 0) is 60.1 Å². The SMILES string of the molecule is Cc1ccccc1CN1C(=O)S/C(=C\c2ccc(-c3cc(Cl)cc(Cl)c3)o2)C1=O. The Morgan fingerprint density at radius 3 is 2.48 bits per heavy atom. The Balaban J connectivity index is 1.56. The Kier molecular flexibility index (Phi) is 5.54. The van der Waals surface area contributed by atoms with Gasteiger partial charge in [-0.15, -0.1) is 0 Å². The van der Waals surface area contributed by atoms with Crippen molar-refractivity contribution in [2.75, 3.05) is 0 Å². The van der Waals surface area contributed by atoms with Gasteiger partial charge in [0, 0.05) is 21.7 Å². The molecule has 1 aliphatic heterocycles. The Bertz CT molecular complexity index is 1130. The molecule has 7 heteroatoms. The van der Waals surface area contributed by atoms with Crippen LogP contribution in [0, 0.1) is 6.92 Å². The Hall–Kier alpha value is -2.47. The zero-order valence-electron chi connectivity index (χ0n) is 15.3. The van der Waals surface area contributed by atoms with Crippen LogP contribution in [0.2, 0.25) is 10.0 Å². The predicted molar refractivity (Wildman–Crippen MR) is 117 cm³/mol. The van der Waals surface area contributed by atoms with Crippen LogP contribution in [0.25, 0.3) is 17.4 Å². The molecule has 1 saturated heterocycles. The number of carbonyl (C=O) groups is 2. The molecule has 2 amide bonds. The summed E-state index contributed by atoms with van der Waals surface area (Å²) in [6.07, 6.45) is 1.58. The summed E-state index contributed by atoms with van der Waals surface area (Å²) in [4.78, 5) is 26.7. The lowest BCUT2D eigenvalue weighted by Crippen LogP contribution is -2.27. The van der Waals surface area contributed by atoms with E-state index < -0.39 is 0 Å². The highest BCUT2D eigenvalue weighted by molar-refractivity contribution is 8.18. The summed E-state index contributed by atoms with van der Waals surface area (Å²) < 4.78 is 5.81. The van der Waals surface area contributed by atoms with Crippen LogP contribution in [-0.2, 0) is 11.3 Å². The van der Waals surface area contributed by atoms with Crippen molar-refractivity contribution in [1.29, 1.82) is 0 Å². The fourth-order valence-electron chi connectivity index (χ4n) is 3.00. The maximum atomic E-state index is 12.7. The topological polar surface area (TPSA) is 50.5 Å². The molecule has 0 bridgehead atoms.